The minimum Gasteiger partial charge on any atom is -0.300 e. The second-order valence-electron chi connectivity index (χ2n) is 3.15. The van der Waals surface area contributed by atoms with E-state index in [-0.39, 0.29) is 0 Å². The molecule has 0 aliphatic heterocycles. The standard InChI is InChI=1S/C10H16ClNS/c1-3-9-4-5-10(13-9)8-12(2)7-6-11/h4-5H,3,6-8H2,1-2H3. The van der Waals surface area contributed by atoms with Crippen molar-refractivity contribution in [2.75, 3.05) is 19.5 Å². The maximum atomic E-state index is 5.66. The summed E-state index contributed by atoms with van der Waals surface area (Å²) in [6, 6.07) is 4.43. The van der Waals surface area contributed by atoms with E-state index < -0.39 is 0 Å². The zero-order valence-electron chi connectivity index (χ0n) is 8.22. The molecule has 0 bridgehead atoms. The predicted molar refractivity (Wildman–Crippen MR) is 60.8 cm³/mol. The van der Waals surface area contributed by atoms with Crippen molar-refractivity contribution in [3.05, 3.63) is 21.9 Å². The number of halogens is 1. The number of hydrogen-bond donors (Lipinski definition) is 0. The molecule has 1 rings (SSSR count). The Bertz CT molecular complexity index is 247. The largest absolute Gasteiger partial charge is 0.300 e. The van der Waals surface area contributed by atoms with Gasteiger partial charge in [-0.05, 0) is 25.6 Å². The summed E-state index contributed by atoms with van der Waals surface area (Å²) in [5, 5.41) is 0. The fraction of sp³-hybridized carbons (Fsp3) is 0.600. The fourth-order valence-electron chi connectivity index (χ4n) is 1.19. The second kappa shape index (κ2) is 5.63. The van der Waals surface area contributed by atoms with E-state index in [9.17, 15) is 0 Å². The average molecular weight is 218 g/mol. The summed E-state index contributed by atoms with van der Waals surface area (Å²) in [6.45, 7) is 4.18. The number of aryl methyl sites for hydroxylation is 1. The van der Waals surface area contributed by atoms with Gasteiger partial charge >= 0.3 is 0 Å². The van der Waals surface area contributed by atoms with Crippen LogP contribution in [0.15, 0.2) is 12.1 Å². The highest BCUT2D eigenvalue weighted by atomic mass is 35.5. The lowest BCUT2D eigenvalue weighted by Crippen LogP contribution is -2.19. The molecule has 0 saturated carbocycles. The molecular weight excluding hydrogens is 202 g/mol. The van der Waals surface area contributed by atoms with E-state index in [1.54, 1.807) is 0 Å². The maximum absolute atomic E-state index is 5.66. The van der Waals surface area contributed by atoms with Crippen LogP contribution in [0.25, 0.3) is 0 Å². The van der Waals surface area contributed by atoms with Crippen molar-refractivity contribution in [3.63, 3.8) is 0 Å². The first-order valence-corrected chi connectivity index (χ1v) is 5.93. The topological polar surface area (TPSA) is 3.24 Å². The van der Waals surface area contributed by atoms with Crippen molar-refractivity contribution in [2.45, 2.75) is 19.9 Å². The van der Waals surface area contributed by atoms with Gasteiger partial charge in [0, 0.05) is 28.7 Å². The summed E-state index contributed by atoms with van der Waals surface area (Å²) in [6.07, 6.45) is 1.14. The molecule has 0 N–H and O–H groups in total. The summed E-state index contributed by atoms with van der Waals surface area (Å²) in [4.78, 5) is 5.15. The first-order chi connectivity index (χ1) is 6.26. The van der Waals surface area contributed by atoms with Crippen LogP contribution in [0.4, 0.5) is 0 Å². The molecule has 1 heterocycles. The molecule has 0 amide bonds. The third kappa shape index (κ3) is 3.67. The number of thiophene rings is 1. The molecule has 1 nitrogen and oxygen atoms in total. The van der Waals surface area contributed by atoms with Crippen LogP contribution < -0.4 is 0 Å². The Balaban J connectivity index is 2.44. The summed E-state index contributed by atoms with van der Waals surface area (Å²) in [5.41, 5.74) is 0. The molecule has 0 aliphatic rings. The predicted octanol–water partition coefficient (Wildman–Crippen LogP) is 2.98. The number of alkyl halides is 1. The van der Waals surface area contributed by atoms with Crippen molar-refractivity contribution in [3.8, 4) is 0 Å². The van der Waals surface area contributed by atoms with Gasteiger partial charge in [-0.1, -0.05) is 6.92 Å². The Kier molecular flexibility index (Phi) is 4.78. The molecule has 0 radical (unpaired) electrons. The quantitative estimate of drug-likeness (QED) is 0.686. The summed E-state index contributed by atoms with van der Waals surface area (Å²) < 4.78 is 0. The first kappa shape index (κ1) is 11.0. The monoisotopic (exact) mass is 217 g/mol. The molecular formula is C10H16ClNS. The van der Waals surface area contributed by atoms with Crippen LogP contribution in [0, 0.1) is 0 Å². The van der Waals surface area contributed by atoms with Gasteiger partial charge < -0.3 is 4.90 Å². The lowest BCUT2D eigenvalue weighted by Gasteiger charge is -2.12. The lowest BCUT2D eigenvalue weighted by atomic mass is 10.3. The van der Waals surface area contributed by atoms with E-state index in [1.807, 2.05) is 11.3 Å². The van der Waals surface area contributed by atoms with Crippen LogP contribution in [0.5, 0.6) is 0 Å². The fourth-order valence-corrected chi connectivity index (χ4v) is 2.51. The van der Waals surface area contributed by atoms with Gasteiger partial charge in [-0.15, -0.1) is 22.9 Å². The van der Waals surface area contributed by atoms with Crippen LogP contribution >= 0.6 is 22.9 Å². The lowest BCUT2D eigenvalue weighted by molar-refractivity contribution is 0.351. The molecule has 0 spiro atoms. The number of hydrogen-bond acceptors (Lipinski definition) is 2. The summed E-state index contributed by atoms with van der Waals surface area (Å²) in [7, 11) is 2.10. The van der Waals surface area contributed by atoms with Gasteiger partial charge in [-0.25, -0.2) is 0 Å². The Hall–Kier alpha value is -0.0500. The van der Waals surface area contributed by atoms with Gasteiger partial charge in [-0.2, -0.15) is 0 Å². The first-order valence-electron chi connectivity index (χ1n) is 4.58. The third-order valence-electron chi connectivity index (χ3n) is 1.96. The van der Waals surface area contributed by atoms with Crippen LogP contribution in [0.2, 0.25) is 0 Å². The number of nitrogens with zero attached hydrogens (tertiary/aromatic N) is 1. The minimum atomic E-state index is 0.711. The Morgan fingerprint density at radius 3 is 2.62 bits per heavy atom. The summed E-state index contributed by atoms with van der Waals surface area (Å²) >= 11 is 7.56. The molecule has 74 valence electrons. The van der Waals surface area contributed by atoms with Crippen molar-refractivity contribution < 1.29 is 0 Å². The van der Waals surface area contributed by atoms with Gasteiger partial charge in [0.1, 0.15) is 0 Å². The molecule has 0 aromatic carbocycles. The second-order valence-corrected chi connectivity index (χ2v) is 4.78. The zero-order valence-corrected chi connectivity index (χ0v) is 9.79. The van der Waals surface area contributed by atoms with Crippen LogP contribution in [-0.2, 0) is 13.0 Å². The normalized spacial score (nSPS) is 11.1. The van der Waals surface area contributed by atoms with Gasteiger partial charge in [0.2, 0.25) is 0 Å². The molecule has 0 atom stereocenters. The van der Waals surface area contributed by atoms with Crippen molar-refractivity contribution >= 4 is 22.9 Å². The third-order valence-corrected chi connectivity index (χ3v) is 3.34. The van der Waals surface area contributed by atoms with Crippen molar-refractivity contribution in [1.29, 1.82) is 0 Å². The average Bonchev–Trinajstić information content (AvgIpc) is 2.52. The Labute approximate surface area is 89.3 Å². The van der Waals surface area contributed by atoms with E-state index in [1.165, 1.54) is 9.75 Å². The highest BCUT2D eigenvalue weighted by molar-refractivity contribution is 7.11. The van der Waals surface area contributed by atoms with E-state index in [0.29, 0.717) is 5.88 Å². The smallest absolute Gasteiger partial charge is 0.0351 e. The summed E-state index contributed by atoms with van der Waals surface area (Å²) in [5.74, 6) is 0.711. The van der Waals surface area contributed by atoms with E-state index in [0.717, 1.165) is 19.5 Å². The molecule has 0 unspecified atom stereocenters. The van der Waals surface area contributed by atoms with Crippen LogP contribution in [-0.4, -0.2) is 24.4 Å². The molecule has 0 aliphatic carbocycles. The molecule has 1 aromatic rings. The Morgan fingerprint density at radius 1 is 1.38 bits per heavy atom. The van der Waals surface area contributed by atoms with E-state index >= 15 is 0 Å². The molecule has 0 fully saturated rings. The van der Waals surface area contributed by atoms with Crippen molar-refractivity contribution in [1.82, 2.24) is 4.90 Å². The maximum Gasteiger partial charge on any atom is 0.0351 e. The minimum absolute atomic E-state index is 0.711. The molecule has 1 aromatic heterocycles. The highest BCUT2D eigenvalue weighted by Gasteiger charge is 2.02. The molecule has 13 heavy (non-hydrogen) atoms. The Morgan fingerprint density at radius 2 is 2.08 bits per heavy atom. The molecule has 0 saturated heterocycles. The number of rotatable bonds is 5. The zero-order chi connectivity index (χ0) is 9.68. The van der Waals surface area contributed by atoms with Crippen molar-refractivity contribution in [2.24, 2.45) is 0 Å². The highest BCUT2D eigenvalue weighted by Crippen LogP contribution is 2.18. The van der Waals surface area contributed by atoms with Crippen LogP contribution in [0.3, 0.4) is 0 Å². The van der Waals surface area contributed by atoms with E-state index in [2.05, 4.69) is 31.0 Å². The van der Waals surface area contributed by atoms with Gasteiger partial charge in [-0.3, -0.25) is 0 Å². The van der Waals surface area contributed by atoms with E-state index in [4.69, 9.17) is 11.6 Å². The van der Waals surface area contributed by atoms with Gasteiger partial charge in [0.05, 0.1) is 0 Å². The van der Waals surface area contributed by atoms with Gasteiger partial charge in [0.25, 0.3) is 0 Å². The van der Waals surface area contributed by atoms with Crippen LogP contribution in [0.1, 0.15) is 16.7 Å². The molecule has 3 heteroatoms. The van der Waals surface area contributed by atoms with Gasteiger partial charge in [0.15, 0.2) is 0 Å². The SMILES string of the molecule is CCc1ccc(CN(C)CCCl)s1.